The molecule has 172 valence electrons. The van der Waals surface area contributed by atoms with E-state index in [1.54, 1.807) is 0 Å². The molecule has 2 aromatic rings. The van der Waals surface area contributed by atoms with Crippen LogP contribution in [0.1, 0.15) is 38.8 Å². The second-order valence-corrected chi connectivity index (χ2v) is 9.23. The maximum absolute atomic E-state index is 14.1. The van der Waals surface area contributed by atoms with Crippen LogP contribution in [-0.4, -0.2) is 54.2 Å². The number of benzene rings is 2. The van der Waals surface area contributed by atoms with Crippen molar-refractivity contribution < 1.29 is 43.4 Å². The van der Waals surface area contributed by atoms with Crippen LogP contribution in [0.5, 0.6) is 11.5 Å². The van der Waals surface area contributed by atoms with Gasteiger partial charge in [-0.2, -0.15) is 0 Å². The summed E-state index contributed by atoms with van der Waals surface area (Å²) in [5.74, 6) is -0.994. The Bertz CT molecular complexity index is 945. The summed E-state index contributed by atoms with van der Waals surface area (Å²) in [4.78, 5) is 39.5. The van der Waals surface area contributed by atoms with Gasteiger partial charge in [0.1, 0.15) is 23.2 Å². The van der Waals surface area contributed by atoms with E-state index in [2.05, 4.69) is 0 Å². The van der Waals surface area contributed by atoms with E-state index in [0.29, 0.717) is 0 Å². The molecule has 2 N–H and O–H groups in total. The van der Waals surface area contributed by atoms with E-state index < -0.39 is 43.5 Å². The van der Waals surface area contributed by atoms with Crippen LogP contribution < -0.4 is 9.47 Å². The fourth-order valence-corrected chi connectivity index (χ4v) is 5.40. The van der Waals surface area contributed by atoms with E-state index in [9.17, 15) is 29.2 Å². The molecule has 32 heavy (non-hydrogen) atoms. The number of ether oxygens (including phenoxy) is 3. The molecule has 0 saturated carbocycles. The first-order chi connectivity index (χ1) is 15.3. The molecule has 0 amide bonds. The monoisotopic (exact) mass is 464 g/mol. The number of hydrogen-bond donors (Lipinski definition) is 2. The van der Waals surface area contributed by atoms with Crippen molar-refractivity contribution in [2.75, 3.05) is 27.0 Å². The third-order valence-electron chi connectivity index (χ3n) is 4.75. The Labute approximate surface area is 185 Å². The van der Waals surface area contributed by atoms with Crippen molar-refractivity contribution in [2.45, 2.75) is 20.1 Å². The average molecular weight is 464 g/mol. The van der Waals surface area contributed by atoms with Gasteiger partial charge >= 0.3 is 5.97 Å². The maximum atomic E-state index is 14.1. The molecule has 10 heteroatoms. The second kappa shape index (κ2) is 11.0. The third-order valence-corrected chi connectivity index (χ3v) is 7.21. The van der Waals surface area contributed by atoms with E-state index in [4.69, 9.17) is 14.2 Å². The summed E-state index contributed by atoms with van der Waals surface area (Å²) in [6, 6.07) is 8.68. The largest absolute Gasteiger partial charge is 0.496 e. The van der Waals surface area contributed by atoms with E-state index in [1.807, 2.05) is 0 Å². The Hall–Kier alpha value is -3.00. The Morgan fingerprint density at radius 3 is 1.75 bits per heavy atom. The van der Waals surface area contributed by atoms with Crippen molar-refractivity contribution in [3.05, 3.63) is 58.7 Å². The van der Waals surface area contributed by atoms with E-state index >= 15 is 0 Å². The zero-order valence-electron chi connectivity index (χ0n) is 18.0. The number of rotatable bonds is 11. The predicted octanol–water partition coefficient (Wildman–Crippen LogP) is 2.60. The quantitative estimate of drug-likeness (QED) is 0.380. The molecule has 0 aliphatic heterocycles. The Balaban J connectivity index is 2.78. The summed E-state index contributed by atoms with van der Waals surface area (Å²) in [5.41, 5.74) is -2.73. The van der Waals surface area contributed by atoms with Gasteiger partial charge in [-0.15, -0.1) is 0 Å². The summed E-state index contributed by atoms with van der Waals surface area (Å²) < 4.78 is 29.4. The molecule has 0 radical (unpaired) electrons. The lowest BCUT2D eigenvalue weighted by Crippen LogP contribution is -2.22. The predicted molar refractivity (Wildman–Crippen MR) is 116 cm³/mol. The molecule has 1 atom stereocenters. The molecule has 0 aliphatic rings. The maximum Gasteiger partial charge on any atom is 0.314 e. The molecule has 9 nitrogen and oxygen atoms in total. The van der Waals surface area contributed by atoms with Gasteiger partial charge in [-0.25, -0.2) is 0 Å². The number of hydrogen-bond acceptors (Lipinski definition) is 9. The molecular formula is C22H25O9P. The van der Waals surface area contributed by atoms with E-state index in [1.165, 1.54) is 57.5 Å². The minimum atomic E-state index is -4.73. The normalized spacial score (nSPS) is 12.5. The molecule has 1 unspecified atom stereocenters. The van der Waals surface area contributed by atoms with Gasteiger partial charge in [0.25, 0.3) is 0 Å². The zero-order valence-corrected chi connectivity index (χ0v) is 18.9. The highest BCUT2D eigenvalue weighted by Crippen LogP contribution is 2.55. The van der Waals surface area contributed by atoms with Crippen LogP contribution in [-0.2, 0) is 27.3 Å². The van der Waals surface area contributed by atoms with Crippen molar-refractivity contribution in [3.63, 3.8) is 0 Å². The minimum Gasteiger partial charge on any atom is -0.496 e. The van der Waals surface area contributed by atoms with Gasteiger partial charge in [-0.1, -0.05) is 24.3 Å². The number of aliphatic hydroxyl groups is 2. The van der Waals surface area contributed by atoms with Crippen molar-refractivity contribution in [1.82, 2.24) is 0 Å². The van der Waals surface area contributed by atoms with Crippen molar-refractivity contribution in [2.24, 2.45) is 0 Å². The van der Waals surface area contributed by atoms with Gasteiger partial charge in [0.15, 0.2) is 0 Å². The summed E-state index contributed by atoms with van der Waals surface area (Å²) >= 11 is 0. The lowest BCUT2D eigenvalue weighted by Gasteiger charge is -2.20. The molecule has 0 aliphatic carbocycles. The van der Waals surface area contributed by atoms with Crippen LogP contribution in [0.25, 0.3) is 0 Å². The number of aliphatic hydroxyl groups excluding tert-OH is 2. The number of carbonyl (C=O) groups excluding carboxylic acids is 3. The molecule has 2 rings (SSSR count). The van der Waals surface area contributed by atoms with E-state index in [0.717, 1.165) is 0 Å². The molecular weight excluding hydrogens is 439 g/mol. The molecule has 0 aromatic heterocycles. The first kappa shape index (κ1) is 25.3. The molecule has 0 fully saturated rings. The first-order valence-electron chi connectivity index (χ1n) is 9.66. The van der Waals surface area contributed by atoms with Crippen LogP contribution in [0, 0.1) is 0 Å². The highest BCUT2D eigenvalue weighted by Gasteiger charge is 2.46. The lowest BCUT2D eigenvalue weighted by atomic mass is 10.0. The van der Waals surface area contributed by atoms with Gasteiger partial charge in [-0.05, 0) is 30.2 Å². The van der Waals surface area contributed by atoms with Gasteiger partial charge in [0.05, 0.1) is 34.0 Å². The number of methoxy groups -OCH3 is 2. The van der Waals surface area contributed by atoms with Crippen LogP contribution in [0.2, 0.25) is 0 Å². The number of esters is 1. The van der Waals surface area contributed by atoms with E-state index in [-0.39, 0.29) is 40.4 Å². The molecule has 0 bridgehead atoms. The zero-order chi connectivity index (χ0) is 23.9. The summed E-state index contributed by atoms with van der Waals surface area (Å²) in [5, 5.41) is 19.4. The van der Waals surface area contributed by atoms with Gasteiger partial charge in [-0.3, -0.25) is 14.4 Å². The molecule has 0 spiro atoms. The SMILES string of the molecule is CCOC(=O)CP(=O)(C(=O)c1c(CO)cccc1CO)C(=O)c1c(OC)cccc1OC. The Kier molecular flexibility index (Phi) is 8.72. The summed E-state index contributed by atoms with van der Waals surface area (Å²) in [7, 11) is -2.15. The second-order valence-electron chi connectivity index (χ2n) is 6.62. The summed E-state index contributed by atoms with van der Waals surface area (Å²) in [6.07, 6.45) is -0.996. The first-order valence-corrected chi connectivity index (χ1v) is 11.6. The average Bonchev–Trinajstić information content (AvgIpc) is 2.81. The van der Waals surface area contributed by atoms with Crippen molar-refractivity contribution >= 4 is 24.2 Å². The molecule has 2 aromatic carbocycles. The smallest absolute Gasteiger partial charge is 0.314 e. The lowest BCUT2D eigenvalue weighted by molar-refractivity contribution is -0.140. The van der Waals surface area contributed by atoms with Gasteiger partial charge < -0.3 is 29.0 Å². The van der Waals surface area contributed by atoms with Crippen LogP contribution in [0.15, 0.2) is 36.4 Å². The van der Waals surface area contributed by atoms with Crippen molar-refractivity contribution in [1.29, 1.82) is 0 Å². The number of carbonyl (C=O) groups is 3. The molecule has 0 heterocycles. The highest BCUT2D eigenvalue weighted by molar-refractivity contribution is 7.96. The molecule has 0 saturated heterocycles. The standard InChI is InChI=1S/C22H25O9P/c1-4-31-18(25)13-32(28,21(26)19-14(11-23)7-5-8-15(19)12-24)22(27)20-16(29-2)9-6-10-17(20)30-3/h5-10,23-24H,4,11-13H2,1-3H3. The minimum absolute atomic E-state index is 0.00376. The van der Waals surface area contributed by atoms with Gasteiger partial charge in [0.2, 0.25) is 18.2 Å². The van der Waals surface area contributed by atoms with Gasteiger partial charge in [0, 0.05) is 5.56 Å². The Morgan fingerprint density at radius 2 is 1.31 bits per heavy atom. The van der Waals surface area contributed by atoms with Crippen LogP contribution in [0.3, 0.4) is 0 Å². The topological polar surface area (TPSA) is 136 Å². The third kappa shape index (κ3) is 4.91. The fraction of sp³-hybridized carbons (Fsp3) is 0.318. The fourth-order valence-electron chi connectivity index (χ4n) is 3.24. The summed E-state index contributed by atoms with van der Waals surface area (Å²) in [6.45, 7) is 0.260. The van der Waals surface area contributed by atoms with Crippen LogP contribution in [0.4, 0.5) is 0 Å². The van der Waals surface area contributed by atoms with Crippen LogP contribution >= 0.6 is 7.14 Å². The highest BCUT2D eigenvalue weighted by atomic mass is 31.2. The Morgan fingerprint density at radius 1 is 0.844 bits per heavy atom. The van der Waals surface area contributed by atoms with Crippen molar-refractivity contribution in [3.8, 4) is 11.5 Å².